The smallest absolute Gasteiger partial charge is 0.225 e. The molecular weight excluding hydrogens is 366 g/mol. The van der Waals surface area contributed by atoms with E-state index in [9.17, 15) is 4.55 Å². The van der Waals surface area contributed by atoms with Crippen LogP contribution in [-0.4, -0.2) is 73.9 Å². The summed E-state index contributed by atoms with van der Waals surface area (Å²) in [7, 11) is 0. The number of nitrogens with zero attached hydrogens (tertiary/aromatic N) is 5. The molecule has 1 saturated heterocycles. The van der Waals surface area contributed by atoms with Crippen molar-refractivity contribution in [3.05, 3.63) is 6.33 Å². The van der Waals surface area contributed by atoms with Crippen LogP contribution in [0.5, 0.6) is 0 Å². The highest BCUT2D eigenvalue weighted by Gasteiger charge is 2.24. The van der Waals surface area contributed by atoms with Crippen LogP contribution in [0.2, 0.25) is 0 Å². The van der Waals surface area contributed by atoms with Crippen LogP contribution in [0.1, 0.15) is 20.3 Å². The number of hydrogen-bond acceptors (Lipinski definition) is 9. The number of aromatic nitrogens is 4. The summed E-state index contributed by atoms with van der Waals surface area (Å²) < 4.78 is 11.7. The second kappa shape index (κ2) is 9.34. The first kappa shape index (κ1) is 19.8. The molecule has 3 rings (SSSR count). The average molecular weight is 394 g/mol. The van der Waals surface area contributed by atoms with Gasteiger partial charge in [-0.15, -0.1) is 0 Å². The minimum atomic E-state index is -0.771. The van der Waals surface area contributed by atoms with Crippen molar-refractivity contribution in [1.82, 2.24) is 19.9 Å². The van der Waals surface area contributed by atoms with Crippen LogP contribution in [0.25, 0.3) is 11.0 Å². The van der Waals surface area contributed by atoms with E-state index in [1.54, 1.807) is 0 Å². The molecule has 0 unspecified atom stereocenters. The number of aliphatic hydroxyl groups excluding tert-OH is 1. The van der Waals surface area contributed by atoms with Crippen LogP contribution in [0.4, 0.5) is 17.6 Å². The van der Waals surface area contributed by atoms with E-state index >= 15 is 0 Å². The van der Waals surface area contributed by atoms with Gasteiger partial charge in [0.15, 0.2) is 11.6 Å². The molecule has 1 fully saturated rings. The van der Waals surface area contributed by atoms with Gasteiger partial charge in [-0.1, -0.05) is 25.0 Å². The van der Waals surface area contributed by atoms with Gasteiger partial charge in [0.2, 0.25) is 5.95 Å². The number of fused-ring (bicyclic) bond motifs is 1. The van der Waals surface area contributed by atoms with Gasteiger partial charge in [-0.2, -0.15) is 4.98 Å². The highest BCUT2D eigenvalue weighted by Crippen LogP contribution is 2.28. The average Bonchev–Trinajstić information content (AvgIpc) is 2.66. The van der Waals surface area contributed by atoms with E-state index in [2.05, 4.69) is 49.3 Å². The molecule has 148 valence electrons. The van der Waals surface area contributed by atoms with Gasteiger partial charge in [-0.25, -0.2) is 15.0 Å². The van der Waals surface area contributed by atoms with Gasteiger partial charge in [0.1, 0.15) is 28.9 Å². The van der Waals surface area contributed by atoms with Gasteiger partial charge < -0.3 is 25.2 Å². The Hall–Kier alpha value is -1.91. The topological polar surface area (TPSA) is 122 Å². The van der Waals surface area contributed by atoms with Gasteiger partial charge in [-0.05, 0) is 12.3 Å². The lowest BCUT2D eigenvalue weighted by molar-refractivity contribution is 0.311. The number of nitrogens with one attached hydrogen (secondary N) is 2. The molecule has 0 aromatic carbocycles. The van der Waals surface area contributed by atoms with Gasteiger partial charge in [0, 0.05) is 13.1 Å². The van der Waals surface area contributed by atoms with Crippen LogP contribution in [0, 0.1) is 5.92 Å². The Bertz CT molecular complexity index is 753. The van der Waals surface area contributed by atoms with E-state index in [0.29, 0.717) is 65.7 Å². The molecule has 3 heterocycles. The molecule has 0 aliphatic carbocycles. The third kappa shape index (κ3) is 5.08. The summed E-state index contributed by atoms with van der Waals surface area (Å²) in [5, 5.41) is 15.5. The summed E-state index contributed by atoms with van der Waals surface area (Å²) in [5.74, 6) is 3.65. The van der Waals surface area contributed by atoms with Crippen LogP contribution >= 0.6 is 0 Å². The molecule has 1 aliphatic rings. The van der Waals surface area contributed by atoms with Crippen molar-refractivity contribution in [2.75, 3.05) is 59.8 Å². The standard InChI is InChI=1S/C17H27N7O2S/c1-12(2)3-4-18-15-13-14(20-11-21-15)16(23-17(22-13)19-5-8-25)24-6-9-27(26)10-7-24/h11-12,25H,3-10H2,1-2H3,(H,18,20,21)(H,19,22,23). The third-order valence-corrected chi connectivity index (χ3v) is 5.63. The fourth-order valence-electron chi connectivity index (χ4n) is 2.86. The first-order valence-corrected chi connectivity index (χ1v) is 10.8. The Labute approximate surface area is 162 Å². The molecule has 0 saturated carbocycles. The summed E-state index contributed by atoms with van der Waals surface area (Å²) in [6.45, 7) is 6.83. The summed E-state index contributed by atoms with van der Waals surface area (Å²) in [6, 6.07) is 0. The van der Waals surface area contributed by atoms with Crippen molar-refractivity contribution in [1.29, 1.82) is 0 Å². The molecule has 0 amide bonds. The molecule has 0 bridgehead atoms. The van der Waals surface area contributed by atoms with Gasteiger partial charge in [0.05, 0.1) is 19.7 Å². The highest BCUT2D eigenvalue weighted by atomic mass is 32.2. The molecule has 3 N–H and O–H groups in total. The maximum Gasteiger partial charge on any atom is 0.225 e. The van der Waals surface area contributed by atoms with Crippen LogP contribution in [0.3, 0.4) is 0 Å². The second-order valence-electron chi connectivity index (χ2n) is 6.89. The number of aliphatic hydroxyl groups is 1. The molecule has 9 nitrogen and oxygen atoms in total. The molecule has 27 heavy (non-hydrogen) atoms. The fraction of sp³-hybridized carbons (Fsp3) is 0.647. The van der Waals surface area contributed by atoms with Crippen molar-refractivity contribution in [3.8, 4) is 0 Å². The molecule has 1 aliphatic heterocycles. The van der Waals surface area contributed by atoms with Crippen LogP contribution in [0.15, 0.2) is 6.33 Å². The van der Waals surface area contributed by atoms with E-state index < -0.39 is 11.2 Å². The predicted octanol–water partition coefficient (Wildman–Crippen LogP) is 0.851. The van der Waals surface area contributed by atoms with Crippen LogP contribution in [-0.2, 0) is 11.2 Å². The van der Waals surface area contributed by atoms with Gasteiger partial charge in [0.25, 0.3) is 0 Å². The summed E-state index contributed by atoms with van der Waals surface area (Å²) >= 11 is -0.771. The van der Waals surface area contributed by atoms with E-state index in [4.69, 9.17) is 5.11 Å². The Kier molecular flexibility index (Phi) is 6.86. The van der Waals surface area contributed by atoms with Gasteiger partial charge in [-0.3, -0.25) is 0 Å². The first-order chi connectivity index (χ1) is 13.1. The molecule has 0 radical (unpaired) electrons. The number of rotatable bonds is 8. The van der Waals surface area contributed by atoms with Gasteiger partial charge >= 0.3 is 0 Å². The van der Waals surface area contributed by atoms with E-state index in [1.807, 2.05) is 0 Å². The predicted molar refractivity (Wildman–Crippen MR) is 109 cm³/mol. The molecule has 2 aromatic rings. The maximum atomic E-state index is 11.7. The zero-order valence-corrected chi connectivity index (χ0v) is 16.6. The summed E-state index contributed by atoms with van der Waals surface area (Å²) in [4.78, 5) is 20.1. The lowest BCUT2D eigenvalue weighted by Crippen LogP contribution is -2.41. The Morgan fingerprint density at radius 3 is 2.63 bits per heavy atom. The zero-order chi connectivity index (χ0) is 19.2. The minimum absolute atomic E-state index is 0.00971. The van der Waals surface area contributed by atoms with Crippen molar-refractivity contribution < 1.29 is 9.66 Å². The highest BCUT2D eigenvalue weighted by molar-refractivity contribution is 7.91. The van der Waals surface area contributed by atoms with E-state index in [1.165, 1.54) is 6.33 Å². The number of hydrogen-bond donors (Lipinski definition) is 3. The molecular formula is C17H27N7O2S. The quantitative estimate of drug-likeness (QED) is 0.560. The van der Waals surface area contributed by atoms with E-state index in [0.717, 1.165) is 13.0 Å². The lowest BCUT2D eigenvalue weighted by Gasteiger charge is -2.29. The normalized spacial score (nSPS) is 15.5. The fourth-order valence-corrected chi connectivity index (χ4v) is 3.91. The largest absolute Gasteiger partial charge is 0.616 e. The monoisotopic (exact) mass is 393 g/mol. The minimum Gasteiger partial charge on any atom is -0.616 e. The van der Waals surface area contributed by atoms with E-state index in [-0.39, 0.29) is 6.61 Å². The third-order valence-electron chi connectivity index (χ3n) is 4.35. The maximum absolute atomic E-state index is 11.7. The summed E-state index contributed by atoms with van der Waals surface area (Å²) in [5.41, 5.74) is 1.33. The molecule has 10 heteroatoms. The van der Waals surface area contributed by atoms with Crippen LogP contribution < -0.4 is 15.5 Å². The first-order valence-electron chi connectivity index (χ1n) is 9.29. The lowest BCUT2D eigenvalue weighted by atomic mass is 10.1. The zero-order valence-electron chi connectivity index (χ0n) is 15.8. The van der Waals surface area contributed by atoms with Crippen molar-refractivity contribution in [2.45, 2.75) is 20.3 Å². The Balaban J connectivity index is 1.96. The Morgan fingerprint density at radius 2 is 1.93 bits per heavy atom. The molecule has 2 aromatic heterocycles. The summed E-state index contributed by atoms with van der Waals surface area (Å²) in [6.07, 6.45) is 2.55. The SMILES string of the molecule is CC(C)CCNc1ncnc2c(N3CC[S+]([O-])CC3)nc(NCCO)nc12. The Morgan fingerprint density at radius 1 is 1.15 bits per heavy atom. The van der Waals surface area contributed by atoms with Crippen molar-refractivity contribution in [2.24, 2.45) is 5.92 Å². The number of anilines is 3. The van der Waals surface area contributed by atoms with Crippen molar-refractivity contribution in [3.63, 3.8) is 0 Å². The van der Waals surface area contributed by atoms with Crippen molar-refractivity contribution >= 4 is 39.8 Å². The molecule has 0 atom stereocenters. The second-order valence-corrected chi connectivity index (χ2v) is 8.58. The molecule has 0 spiro atoms.